The monoisotopic (exact) mass is 393 g/mol. The quantitative estimate of drug-likeness (QED) is 0.547. The molecular formula is C20H20ClN7. The van der Waals surface area contributed by atoms with Crippen LogP contribution in [0.2, 0.25) is 5.02 Å². The van der Waals surface area contributed by atoms with Gasteiger partial charge >= 0.3 is 0 Å². The minimum atomic E-state index is 0.516. The average Bonchev–Trinajstić information content (AvgIpc) is 3.35. The van der Waals surface area contributed by atoms with Crippen molar-refractivity contribution in [3.8, 4) is 11.1 Å². The highest BCUT2D eigenvalue weighted by molar-refractivity contribution is 6.38. The average molecular weight is 394 g/mol. The molecule has 2 atom stereocenters. The van der Waals surface area contributed by atoms with Gasteiger partial charge in [0.15, 0.2) is 5.65 Å². The second-order valence-electron chi connectivity index (χ2n) is 7.74. The number of hydrogen-bond acceptors (Lipinski definition) is 5. The van der Waals surface area contributed by atoms with Gasteiger partial charge in [-0.2, -0.15) is 5.10 Å². The van der Waals surface area contributed by atoms with Crippen LogP contribution in [0.1, 0.15) is 12.8 Å². The minimum absolute atomic E-state index is 0.516. The lowest BCUT2D eigenvalue weighted by Crippen LogP contribution is -2.52. The van der Waals surface area contributed by atoms with Gasteiger partial charge in [-0.25, -0.2) is 9.97 Å². The lowest BCUT2D eigenvalue weighted by atomic mass is 10.1. The number of nitrogens with one attached hydrogen (secondary N) is 2. The Balaban J connectivity index is 1.45. The molecular weight excluding hydrogens is 374 g/mol. The summed E-state index contributed by atoms with van der Waals surface area (Å²) in [5, 5.41) is 9.58. The molecule has 8 heteroatoms. The van der Waals surface area contributed by atoms with Gasteiger partial charge in [0.25, 0.3) is 0 Å². The first kappa shape index (κ1) is 16.3. The molecule has 6 rings (SSSR count). The zero-order valence-electron chi connectivity index (χ0n) is 15.5. The summed E-state index contributed by atoms with van der Waals surface area (Å²) in [7, 11) is 1.90. The summed E-state index contributed by atoms with van der Waals surface area (Å²) >= 11 is 6.72. The van der Waals surface area contributed by atoms with E-state index < -0.39 is 0 Å². The van der Waals surface area contributed by atoms with E-state index in [0.717, 1.165) is 52.1 Å². The predicted molar refractivity (Wildman–Crippen MR) is 111 cm³/mol. The van der Waals surface area contributed by atoms with E-state index in [4.69, 9.17) is 21.6 Å². The first-order chi connectivity index (χ1) is 13.7. The van der Waals surface area contributed by atoms with E-state index in [0.29, 0.717) is 17.1 Å². The molecule has 0 aliphatic carbocycles. The fraction of sp³-hybridized carbons (Fsp3) is 0.350. The highest BCUT2D eigenvalue weighted by Gasteiger charge is 2.37. The number of rotatable bonds is 2. The number of aryl methyl sites for hydroxylation is 1. The third-order valence-electron chi connectivity index (χ3n) is 6.04. The normalized spacial score (nSPS) is 21.9. The molecule has 7 nitrogen and oxygen atoms in total. The number of benzene rings is 1. The van der Waals surface area contributed by atoms with Crippen LogP contribution < -0.4 is 10.2 Å². The Morgan fingerprint density at radius 3 is 2.79 bits per heavy atom. The highest BCUT2D eigenvalue weighted by atomic mass is 35.5. The van der Waals surface area contributed by atoms with Crippen LogP contribution in [-0.4, -0.2) is 49.9 Å². The Morgan fingerprint density at radius 1 is 1.14 bits per heavy atom. The maximum atomic E-state index is 6.72. The van der Waals surface area contributed by atoms with Crippen LogP contribution in [0.25, 0.3) is 33.2 Å². The molecule has 5 heterocycles. The number of aromatic nitrogens is 5. The van der Waals surface area contributed by atoms with Crippen LogP contribution in [0.15, 0.2) is 30.7 Å². The fourth-order valence-corrected chi connectivity index (χ4v) is 5.07. The maximum absolute atomic E-state index is 6.72. The summed E-state index contributed by atoms with van der Waals surface area (Å²) in [5.41, 5.74) is 4.44. The third-order valence-corrected chi connectivity index (χ3v) is 6.45. The summed E-state index contributed by atoms with van der Waals surface area (Å²) in [6.07, 6.45) is 8.24. The number of H-pyrrole nitrogens is 1. The van der Waals surface area contributed by atoms with Crippen molar-refractivity contribution < 1.29 is 0 Å². The van der Waals surface area contributed by atoms with Gasteiger partial charge in [0.05, 0.1) is 16.7 Å². The van der Waals surface area contributed by atoms with Gasteiger partial charge in [0.1, 0.15) is 11.3 Å². The van der Waals surface area contributed by atoms with Crippen molar-refractivity contribution in [1.29, 1.82) is 0 Å². The lowest BCUT2D eigenvalue weighted by molar-refractivity contribution is 0.481. The molecule has 2 fully saturated rings. The molecule has 0 amide bonds. The fourth-order valence-electron chi connectivity index (χ4n) is 4.76. The molecule has 2 N–H and O–H groups in total. The Bertz CT molecular complexity index is 1190. The van der Waals surface area contributed by atoms with Gasteiger partial charge in [-0.05, 0) is 18.9 Å². The van der Waals surface area contributed by atoms with E-state index in [9.17, 15) is 0 Å². The van der Waals surface area contributed by atoms with E-state index in [1.54, 1.807) is 4.68 Å². The summed E-state index contributed by atoms with van der Waals surface area (Å²) in [4.78, 5) is 15.4. The number of nitrogens with zero attached hydrogens (tertiary/aromatic N) is 5. The van der Waals surface area contributed by atoms with Crippen LogP contribution >= 0.6 is 11.6 Å². The molecule has 0 spiro atoms. The Labute approximate surface area is 166 Å². The van der Waals surface area contributed by atoms with E-state index in [-0.39, 0.29) is 0 Å². The standard InChI is InChI=1S/C20H20ClN7/c1-27-10-15-16(26-27)5-4-13(18(15)21)14-8-24-20-19(14)23-9-17(25-20)28-11-2-3-12(28)7-22-6-11/h4-5,8-12,22H,2-3,6-7H2,1H3,(H,24,25). The predicted octanol–water partition coefficient (Wildman–Crippen LogP) is 3.11. The van der Waals surface area contributed by atoms with Gasteiger partial charge < -0.3 is 15.2 Å². The van der Waals surface area contributed by atoms with Crippen molar-refractivity contribution in [2.45, 2.75) is 24.9 Å². The highest BCUT2D eigenvalue weighted by Crippen LogP contribution is 2.37. The van der Waals surface area contributed by atoms with Gasteiger partial charge in [-0.1, -0.05) is 17.7 Å². The van der Waals surface area contributed by atoms with Gasteiger partial charge in [0.2, 0.25) is 0 Å². The first-order valence-electron chi connectivity index (χ1n) is 9.64. The summed E-state index contributed by atoms with van der Waals surface area (Å²) in [6.45, 7) is 2.04. The topological polar surface area (TPSA) is 74.7 Å². The zero-order chi connectivity index (χ0) is 18.8. The number of anilines is 1. The smallest absolute Gasteiger partial charge is 0.159 e. The first-order valence-corrected chi connectivity index (χ1v) is 10.0. The van der Waals surface area contributed by atoms with Gasteiger partial charge in [-0.3, -0.25) is 4.68 Å². The van der Waals surface area contributed by atoms with Crippen LogP contribution in [0, 0.1) is 0 Å². The summed E-state index contributed by atoms with van der Waals surface area (Å²) in [5.74, 6) is 0.962. The van der Waals surface area contributed by atoms with Gasteiger partial charge in [-0.15, -0.1) is 0 Å². The third kappa shape index (κ3) is 2.29. The van der Waals surface area contributed by atoms with Gasteiger partial charge in [0, 0.05) is 61.1 Å². The molecule has 2 aliphatic rings. The molecule has 2 unspecified atom stereocenters. The van der Waals surface area contributed by atoms with Crippen LogP contribution in [-0.2, 0) is 7.05 Å². The van der Waals surface area contributed by atoms with E-state index >= 15 is 0 Å². The number of halogens is 1. The molecule has 28 heavy (non-hydrogen) atoms. The Hall–Kier alpha value is -2.64. The molecule has 3 aromatic heterocycles. The molecule has 4 aromatic rings. The van der Waals surface area contributed by atoms with E-state index in [2.05, 4.69) is 20.3 Å². The van der Waals surface area contributed by atoms with Crippen molar-refractivity contribution in [2.75, 3.05) is 18.0 Å². The summed E-state index contributed by atoms with van der Waals surface area (Å²) < 4.78 is 1.78. The van der Waals surface area contributed by atoms with Crippen LogP contribution in [0.3, 0.4) is 0 Å². The number of aromatic amines is 1. The summed E-state index contributed by atoms with van der Waals surface area (Å²) in [6, 6.07) is 5.03. The number of piperazine rings is 1. The van der Waals surface area contributed by atoms with Crippen molar-refractivity contribution in [3.63, 3.8) is 0 Å². The second kappa shape index (κ2) is 5.93. The second-order valence-corrected chi connectivity index (χ2v) is 8.12. The van der Waals surface area contributed by atoms with Crippen molar-refractivity contribution in [3.05, 3.63) is 35.7 Å². The number of fused-ring (bicyclic) bond motifs is 4. The zero-order valence-corrected chi connectivity index (χ0v) is 16.2. The van der Waals surface area contributed by atoms with Crippen LogP contribution in [0.4, 0.5) is 5.82 Å². The van der Waals surface area contributed by atoms with Crippen molar-refractivity contribution in [2.24, 2.45) is 7.05 Å². The molecule has 1 aromatic carbocycles. The molecule has 142 valence electrons. The molecule has 2 saturated heterocycles. The SMILES string of the molecule is Cn1cc2c(Cl)c(-c3c[nH]c4nc(N5C6CCC5CNC6)cnc34)ccc2n1. The Kier molecular flexibility index (Phi) is 3.46. The minimum Gasteiger partial charge on any atom is -0.347 e. The largest absolute Gasteiger partial charge is 0.347 e. The van der Waals surface area contributed by atoms with E-state index in [1.165, 1.54) is 12.8 Å². The molecule has 2 aliphatic heterocycles. The number of hydrogen-bond donors (Lipinski definition) is 2. The lowest BCUT2D eigenvalue weighted by Gasteiger charge is -2.36. The Morgan fingerprint density at radius 2 is 1.96 bits per heavy atom. The molecule has 0 radical (unpaired) electrons. The van der Waals surface area contributed by atoms with Crippen molar-refractivity contribution >= 4 is 39.5 Å². The van der Waals surface area contributed by atoms with Crippen molar-refractivity contribution in [1.82, 2.24) is 30.0 Å². The van der Waals surface area contributed by atoms with Crippen LogP contribution in [0.5, 0.6) is 0 Å². The molecule has 0 saturated carbocycles. The van der Waals surface area contributed by atoms with E-state index in [1.807, 2.05) is 37.8 Å². The molecule has 2 bridgehead atoms. The maximum Gasteiger partial charge on any atom is 0.159 e.